The molecule has 1 aromatic heterocycles. The summed E-state index contributed by atoms with van der Waals surface area (Å²) in [5.41, 5.74) is -0.187. The van der Waals surface area contributed by atoms with E-state index in [4.69, 9.17) is 20.8 Å². The maximum Gasteiger partial charge on any atom is 0.380 e. The lowest BCUT2D eigenvalue weighted by atomic mass is 10.1. The van der Waals surface area contributed by atoms with Crippen molar-refractivity contribution in [3.63, 3.8) is 0 Å². The normalized spacial score (nSPS) is 10.2. The Hall–Kier alpha value is -1.94. The fourth-order valence-corrected chi connectivity index (χ4v) is 1.53. The Morgan fingerprint density at radius 1 is 1.29 bits per heavy atom. The first-order chi connectivity index (χ1) is 8.11. The minimum atomic E-state index is -0.858. The zero-order valence-corrected chi connectivity index (χ0v) is 9.69. The lowest BCUT2D eigenvalue weighted by molar-refractivity contribution is 0.414. The van der Waals surface area contributed by atoms with E-state index in [0.29, 0.717) is 17.1 Å². The molecule has 0 saturated carbocycles. The van der Waals surface area contributed by atoms with Crippen molar-refractivity contribution in [1.29, 1.82) is 0 Å². The van der Waals surface area contributed by atoms with Crippen LogP contribution in [0.25, 0.3) is 11.3 Å². The second-order valence-electron chi connectivity index (χ2n) is 3.32. The lowest BCUT2D eigenvalue weighted by Gasteiger charge is -2.03. The quantitative estimate of drug-likeness (QED) is 0.893. The maximum atomic E-state index is 11.2. The smallest absolute Gasteiger partial charge is 0.380 e. The minimum Gasteiger partial charge on any atom is -0.501 e. The van der Waals surface area contributed by atoms with Gasteiger partial charge in [0.15, 0.2) is 0 Å². The van der Waals surface area contributed by atoms with E-state index in [0.717, 1.165) is 0 Å². The highest BCUT2D eigenvalue weighted by atomic mass is 35.5. The van der Waals surface area contributed by atoms with E-state index in [9.17, 15) is 9.90 Å². The van der Waals surface area contributed by atoms with Gasteiger partial charge in [-0.2, -0.15) is 0 Å². The van der Waals surface area contributed by atoms with Crippen LogP contribution in [0.15, 0.2) is 39.5 Å². The standard InChI is InChI=1S/C12H9ClO4/c1-16-8-4-2-7(3-5-8)10-6-9(13)11(14)12(15)17-10/h2-6,14H,1H3. The highest BCUT2D eigenvalue weighted by Crippen LogP contribution is 2.27. The van der Waals surface area contributed by atoms with Gasteiger partial charge in [-0.3, -0.25) is 0 Å². The van der Waals surface area contributed by atoms with Crippen molar-refractivity contribution in [3.05, 3.63) is 45.8 Å². The van der Waals surface area contributed by atoms with Crippen LogP contribution in [0.1, 0.15) is 0 Å². The average Bonchev–Trinajstić information content (AvgIpc) is 2.35. The molecule has 2 rings (SSSR count). The highest BCUT2D eigenvalue weighted by Gasteiger charge is 2.10. The van der Waals surface area contributed by atoms with Crippen LogP contribution in [-0.2, 0) is 0 Å². The number of ether oxygens (including phenoxy) is 1. The molecule has 0 aliphatic carbocycles. The summed E-state index contributed by atoms with van der Waals surface area (Å²) in [6, 6.07) is 8.31. The molecule has 0 spiro atoms. The molecule has 0 atom stereocenters. The van der Waals surface area contributed by atoms with Crippen LogP contribution in [0, 0.1) is 0 Å². The molecule has 0 radical (unpaired) electrons. The molecule has 2 aromatic rings. The predicted molar refractivity (Wildman–Crippen MR) is 63.6 cm³/mol. The summed E-state index contributed by atoms with van der Waals surface area (Å²) in [6.45, 7) is 0. The number of rotatable bonds is 2. The SMILES string of the molecule is COc1ccc(-c2cc(Cl)c(O)c(=O)o2)cc1. The van der Waals surface area contributed by atoms with Gasteiger partial charge in [0.2, 0.25) is 5.75 Å². The average molecular weight is 253 g/mol. The first kappa shape index (κ1) is 11.5. The Morgan fingerprint density at radius 2 is 1.94 bits per heavy atom. The van der Waals surface area contributed by atoms with Crippen LogP contribution in [0.2, 0.25) is 5.02 Å². The van der Waals surface area contributed by atoms with Crippen LogP contribution in [0.3, 0.4) is 0 Å². The summed E-state index contributed by atoms with van der Waals surface area (Å²) >= 11 is 5.69. The zero-order valence-electron chi connectivity index (χ0n) is 8.94. The summed E-state index contributed by atoms with van der Waals surface area (Å²) in [4.78, 5) is 11.2. The molecule has 0 fully saturated rings. The fraction of sp³-hybridized carbons (Fsp3) is 0.0833. The second-order valence-corrected chi connectivity index (χ2v) is 3.73. The summed E-state index contributed by atoms with van der Waals surface area (Å²) in [5.74, 6) is 0.408. The van der Waals surface area contributed by atoms with Gasteiger partial charge in [-0.1, -0.05) is 11.6 Å². The Bertz CT molecular complexity index is 586. The largest absolute Gasteiger partial charge is 0.501 e. The third-order valence-corrected chi connectivity index (χ3v) is 2.54. The molecule has 1 aromatic carbocycles. The van der Waals surface area contributed by atoms with Gasteiger partial charge in [0, 0.05) is 11.6 Å². The highest BCUT2D eigenvalue weighted by molar-refractivity contribution is 6.32. The number of benzene rings is 1. The molecule has 1 N–H and O–H groups in total. The summed E-state index contributed by atoms with van der Waals surface area (Å²) in [5, 5.41) is 9.17. The summed E-state index contributed by atoms with van der Waals surface area (Å²) < 4.78 is 9.93. The molecular weight excluding hydrogens is 244 g/mol. The van der Waals surface area contributed by atoms with Gasteiger partial charge in [0.05, 0.1) is 12.1 Å². The van der Waals surface area contributed by atoms with Crippen LogP contribution >= 0.6 is 11.6 Å². The molecular formula is C12H9ClO4. The van der Waals surface area contributed by atoms with Gasteiger partial charge in [0.1, 0.15) is 11.5 Å². The van der Waals surface area contributed by atoms with E-state index in [1.54, 1.807) is 31.4 Å². The number of methoxy groups -OCH3 is 1. The van der Waals surface area contributed by atoms with Crippen molar-refractivity contribution in [2.75, 3.05) is 7.11 Å². The molecule has 1 heterocycles. The van der Waals surface area contributed by atoms with E-state index < -0.39 is 11.4 Å². The van der Waals surface area contributed by atoms with Crippen molar-refractivity contribution >= 4 is 11.6 Å². The molecule has 0 aliphatic rings. The van der Waals surface area contributed by atoms with Gasteiger partial charge < -0.3 is 14.3 Å². The second kappa shape index (κ2) is 4.51. The van der Waals surface area contributed by atoms with Crippen LogP contribution in [0.4, 0.5) is 0 Å². The Balaban J connectivity index is 2.49. The Labute approximate surface area is 102 Å². The van der Waals surface area contributed by atoms with E-state index in [-0.39, 0.29) is 5.02 Å². The van der Waals surface area contributed by atoms with Crippen LogP contribution in [-0.4, -0.2) is 12.2 Å². The van der Waals surface area contributed by atoms with Gasteiger partial charge in [-0.05, 0) is 24.3 Å². The summed E-state index contributed by atoms with van der Waals surface area (Å²) in [7, 11) is 1.56. The third kappa shape index (κ3) is 2.26. The number of aromatic hydroxyl groups is 1. The number of hydrogen-bond donors (Lipinski definition) is 1. The number of hydrogen-bond acceptors (Lipinski definition) is 4. The molecule has 5 heteroatoms. The van der Waals surface area contributed by atoms with Gasteiger partial charge in [-0.15, -0.1) is 0 Å². The van der Waals surface area contributed by atoms with E-state index in [1.165, 1.54) is 6.07 Å². The van der Waals surface area contributed by atoms with Gasteiger partial charge in [0.25, 0.3) is 0 Å². The van der Waals surface area contributed by atoms with Crippen LogP contribution in [0.5, 0.6) is 11.5 Å². The van der Waals surface area contributed by atoms with E-state index in [1.807, 2.05) is 0 Å². The molecule has 0 saturated heterocycles. The molecule has 88 valence electrons. The van der Waals surface area contributed by atoms with E-state index >= 15 is 0 Å². The van der Waals surface area contributed by atoms with Crippen molar-refractivity contribution in [2.45, 2.75) is 0 Å². The summed E-state index contributed by atoms with van der Waals surface area (Å²) in [6.07, 6.45) is 0. The fourth-order valence-electron chi connectivity index (χ4n) is 1.36. The predicted octanol–water partition coefficient (Wildman–Crippen LogP) is 2.67. The van der Waals surface area contributed by atoms with E-state index in [2.05, 4.69) is 0 Å². The lowest BCUT2D eigenvalue weighted by Crippen LogP contribution is -1.99. The first-order valence-corrected chi connectivity index (χ1v) is 5.16. The Morgan fingerprint density at radius 3 is 2.47 bits per heavy atom. The van der Waals surface area contributed by atoms with Crippen molar-refractivity contribution < 1.29 is 14.3 Å². The Kier molecular flexibility index (Phi) is 3.06. The minimum absolute atomic E-state index is 0.0351. The number of halogens is 1. The van der Waals surface area contributed by atoms with Crippen molar-refractivity contribution in [1.82, 2.24) is 0 Å². The first-order valence-electron chi connectivity index (χ1n) is 4.79. The van der Waals surface area contributed by atoms with Gasteiger partial charge in [-0.25, -0.2) is 4.79 Å². The molecule has 4 nitrogen and oxygen atoms in total. The molecule has 0 bridgehead atoms. The zero-order chi connectivity index (χ0) is 12.4. The molecule has 0 aliphatic heterocycles. The maximum absolute atomic E-state index is 11.2. The topological polar surface area (TPSA) is 59.7 Å². The molecule has 0 unspecified atom stereocenters. The monoisotopic (exact) mass is 252 g/mol. The molecule has 17 heavy (non-hydrogen) atoms. The van der Waals surface area contributed by atoms with Crippen molar-refractivity contribution in [2.24, 2.45) is 0 Å². The molecule has 0 amide bonds. The third-order valence-electron chi connectivity index (χ3n) is 2.25. The van der Waals surface area contributed by atoms with Crippen LogP contribution < -0.4 is 10.4 Å². The van der Waals surface area contributed by atoms with Crippen molar-refractivity contribution in [3.8, 4) is 22.8 Å². The van der Waals surface area contributed by atoms with Gasteiger partial charge >= 0.3 is 5.63 Å².